The molecule has 0 aromatic carbocycles. The molecule has 2 aliphatic rings. The number of piperidine rings is 2. The topological polar surface area (TPSA) is 96.4 Å². The Morgan fingerprint density at radius 1 is 1.13 bits per heavy atom. The number of amides is 1. The van der Waals surface area contributed by atoms with Gasteiger partial charge in [0.15, 0.2) is 9.84 Å². The van der Waals surface area contributed by atoms with Gasteiger partial charge in [0.1, 0.15) is 4.90 Å². The Kier molecular flexibility index (Phi) is 6.22. The van der Waals surface area contributed by atoms with Crippen molar-refractivity contribution < 1.29 is 13.2 Å². The number of likely N-dealkylation sites (tertiary alicyclic amines) is 1. The van der Waals surface area contributed by atoms with Gasteiger partial charge in [-0.05, 0) is 43.7 Å². The number of hydrogen-bond acceptors (Lipinski definition) is 7. The number of pyridine rings is 1. The molecule has 9 heteroatoms. The molecule has 0 saturated carbocycles. The second-order valence-electron chi connectivity index (χ2n) is 8.69. The molecule has 4 rings (SSSR count). The maximum atomic E-state index is 12.7. The average Bonchev–Trinajstić information content (AvgIpc) is 2.78. The minimum atomic E-state index is -3.45. The molecule has 0 aliphatic carbocycles. The van der Waals surface area contributed by atoms with Crippen LogP contribution in [0.3, 0.4) is 0 Å². The predicted octanol–water partition coefficient (Wildman–Crippen LogP) is 2.53. The van der Waals surface area contributed by atoms with E-state index in [4.69, 9.17) is 4.98 Å². The average molecular weight is 444 g/mol. The van der Waals surface area contributed by atoms with Crippen LogP contribution in [-0.2, 0) is 9.84 Å². The molecule has 2 saturated heterocycles. The van der Waals surface area contributed by atoms with Crippen molar-refractivity contribution in [3.63, 3.8) is 0 Å². The number of carbonyl (C=O) groups excluding carboxylic acids is 1. The SMILES string of the molecule is CC1CCCN(c2ncc(S(C)(=O)=O)c(C3CCN(C(=O)c4cccnc4)CC3)n2)C1. The van der Waals surface area contributed by atoms with Crippen molar-refractivity contribution >= 4 is 21.7 Å². The molecule has 1 amide bonds. The van der Waals surface area contributed by atoms with Gasteiger partial charge in [-0.1, -0.05) is 6.92 Å². The van der Waals surface area contributed by atoms with Crippen molar-refractivity contribution in [1.82, 2.24) is 19.9 Å². The molecular weight excluding hydrogens is 414 g/mol. The van der Waals surface area contributed by atoms with Gasteiger partial charge in [-0.3, -0.25) is 9.78 Å². The monoisotopic (exact) mass is 443 g/mol. The van der Waals surface area contributed by atoms with E-state index < -0.39 is 9.84 Å². The molecule has 1 atom stereocenters. The minimum absolute atomic E-state index is 0.0216. The van der Waals surface area contributed by atoms with Gasteiger partial charge in [-0.25, -0.2) is 18.4 Å². The zero-order chi connectivity index (χ0) is 22.0. The van der Waals surface area contributed by atoms with Crippen LogP contribution in [-0.4, -0.2) is 66.6 Å². The summed E-state index contributed by atoms with van der Waals surface area (Å²) in [5, 5.41) is 0. The number of rotatable bonds is 4. The lowest BCUT2D eigenvalue weighted by molar-refractivity contribution is 0.0711. The van der Waals surface area contributed by atoms with Crippen LogP contribution in [0.5, 0.6) is 0 Å². The number of nitrogens with zero attached hydrogens (tertiary/aromatic N) is 5. The largest absolute Gasteiger partial charge is 0.341 e. The highest BCUT2D eigenvalue weighted by Gasteiger charge is 2.30. The smallest absolute Gasteiger partial charge is 0.255 e. The summed E-state index contributed by atoms with van der Waals surface area (Å²) in [5.74, 6) is 1.12. The van der Waals surface area contributed by atoms with E-state index in [0.717, 1.165) is 19.5 Å². The fourth-order valence-corrected chi connectivity index (χ4v) is 5.34. The third-order valence-electron chi connectivity index (χ3n) is 6.19. The van der Waals surface area contributed by atoms with Crippen molar-refractivity contribution in [2.24, 2.45) is 5.92 Å². The third-order valence-corrected chi connectivity index (χ3v) is 7.30. The molecule has 2 aromatic rings. The van der Waals surface area contributed by atoms with E-state index in [1.54, 1.807) is 24.5 Å². The molecule has 2 fully saturated rings. The molecule has 0 spiro atoms. The molecule has 0 radical (unpaired) electrons. The molecule has 166 valence electrons. The van der Waals surface area contributed by atoms with Crippen molar-refractivity contribution in [3.05, 3.63) is 42.0 Å². The standard InChI is InChI=1S/C22H29N5O3S/c1-16-5-4-10-27(15-16)22-24-14-19(31(2,29)30)20(25-22)17-7-11-26(12-8-17)21(28)18-6-3-9-23-13-18/h3,6,9,13-14,16-17H,4-5,7-8,10-12,15H2,1-2H3. The quantitative estimate of drug-likeness (QED) is 0.716. The molecule has 4 heterocycles. The first-order valence-electron chi connectivity index (χ1n) is 10.8. The summed E-state index contributed by atoms with van der Waals surface area (Å²) in [6.45, 7) is 5.10. The summed E-state index contributed by atoms with van der Waals surface area (Å²) in [6, 6.07) is 3.52. The number of hydrogen-bond donors (Lipinski definition) is 0. The van der Waals surface area contributed by atoms with Crippen LogP contribution in [0.4, 0.5) is 5.95 Å². The highest BCUT2D eigenvalue weighted by molar-refractivity contribution is 7.90. The molecule has 0 bridgehead atoms. The first kappa shape index (κ1) is 21.7. The van der Waals surface area contributed by atoms with Gasteiger partial charge in [0.2, 0.25) is 5.95 Å². The predicted molar refractivity (Wildman–Crippen MR) is 118 cm³/mol. The Morgan fingerprint density at radius 2 is 1.90 bits per heavy atom. The lowest BCUT2D eigenvalue weighted by Crippen LogP contribution is -2.39. The van der Waals surface area contributed by atoms with Gasteiger partial charge in [0.25, 0.3) is 5.91 Å². The molecular formula is C22H29N5O3S. The number of aromatic nitrogens is 3. The number of sulfone groups is 1. The van der Waals surface area contributed by atoms with Crippen LogP contribution in [0.2, 0.25) is 0 Å². The molecule has 31 heavy (non-hydrogen) atoms. The maximum Gasteiger partial charge on any atom is 0.255 e. The Balaban J connectivity index is 1.55. The van der Waals surface area contributed by atoms with Gasteiger partial charge in [0.05, 0.1) is 17.5 Å². The van der Waals surface area contributed by atoms with Gasteiger partial charge < -0.3 is 9.80 Å². The fourth-order valence-electron chi connectivity index (χ4n) is 4.50. The summed E-state index contributed by atoms with van der Waals surface area (Å²) in [6.07, 6.45) is 9.51. The molecule has 8 nitrogen and oxygen atoms in total. The number of carbonyl (C=O) groups is 1. The summed E-state index contributed by atoms with van der Waals surface area (Å²) >= 11 is 0. The van der Waals surface area contributed by atoms with Crippen molar-refractivity contribution in [1.29, 1.82) is 0 Å². The van der Waals surface area contributed by atoms with Crippen molar-refractivity contribution in [2.45, 2.75) is 43.4 Å². The third kappa shape index (κ3) is 4.87. The normalized spacial score (nSPS) is 20.6. The van der Waals surface area contributed by atoms with E-state index >= 15 is 0 Å². The highest BCUT2D eigenvalue weighted by atomic mass is 32.2. The minimum Gasteiger partial charge on any atom is -0.341 e. The lowest BCUT2D eigenvalue weighted by Gasteiger charge is -2.34. The van der Waals surface area contributed by atoms with E-state index in [1.165, 1.54) is 18.9 Å². The van der Waals surface area contributed by atoms with E-state index in [0.29, 0.717) is 49.1 Å². The van der Waals surface area contributed by atoms with E-state index in [9.17, 15) is 13.2 Å². The first-order chi connectivity index (χ1) is 14.8. The van der Waals surface area contributed by atoms with Gasteiger partial charge in [-0.2, -0.15) is 0 Å². The van der Waals surface area contributed by atoms with E-state index in [2.05, 4.69) is 21.8 Å². The summed E-state index contributed by atoms with van der Waals surface area (Å²) < 4.78 is 24.9. The zero-order valence-electron chi connectivity index (χ0n) is 18.1. The van der Waals surface area contributed by atoms with E-state index in [1.807, 2.05) is 4.90 Å². The Morgan fingerprint density at radius 3 is 2.55 bits per heavy atom. The number of anilines is 1. The van der Waals surface area contributed by atoms with Gasteiger partial charge in [-0.15, -0.1) is 0 Å². The van der Waals surface area contributed by atoms with Crippen molar-refractivity contribution in [3.8, 4) is 0 Å². The molecule has 2 aliphatic heterocycles. The van der Waals surface area contributed by atoms with Crippen LogP contribution in [0, 0.1) is 5.92 Å². The summed E-state index contributed by atoms with van der Waals surface area (Å²) in [5.41, 5.74) is 1.17. The van der Waals surface area contributed by atoms with E-state index in [-0.39, 0.29) is 16.7 Å². The first-order valence-corrected chi connectivity index (χ1v) is 12.7. The maximum absolute atomic E-state index is 12.7. The highest BCUT2D eigenvalue weighted by Crippen LogP contribution is 2.33. The fraction of sp³-hybridized carbons (Fsp3) is 0.545. The zero-order valence-corrected chi connectivity index (χ0v) is 18.9. The van der Waals surface area contributed by atoms with Crippen LogP contribution < -0.4 is 4.90 Å². The van der Waals surface area contributed by atoms with Gasteiger partial charge >= 0.3 is 0 Å². The lowest BCUT2D eigenvalue weighted by atomic mass is 9.93. The van der Waals surface area contributed by atoms with Gasteiger partial charge in [0, 0.05) is 50.7 Å². The van der Waals surface area contributed by atoms with Crippen molar-refractivity contribution in [2.75, 3.05) is 37.3 Å². The van der Waals surface area contributed by atoms with Crippen LogP contribution >= 0.6 is 0 Å². The summed E-state index contributed by atoms with van der Waals surface area (Å²) in [4.78, 5) is 30.1. The van der Waals surface area contributed by atoms with Crippen LogP contribution in [0.15, 0.2) is 35.6 Å². The molecule has 0 N–H and O–H groups in total. The second kappa shape index (κ2) is 8.90. The Bertz CT molecular complexity index is 1040. The Labute approximate surface area is 183 Å². The molecule has 1 unspecified atom stereocenters. The molecule has 2 aromatic heterocycles. The Hall–Kier alpha value is -2.55. The van der Waals surface area contributed by atoms with Crippen LogP contribution in [0.1, 0.15) is 54.6 Å². The second-order valence-corrected chi connectivity index (χ2v) is 10.7. The van der Waals surface area contributed by atoms with Crippen LogP contribution in [0.25, 0.3) is 0 Å². The summed E-state index contributed by atoms with van der Waals surface area (Å²) in [7, 11) is -3.45.